The lowest BCUT2D eigenvalue weighted by Crippen LogP contribution is -2.22. The van der Waals surface area contributed by atoms with Crippen LogP contribution in [0.5, 0.6) is 0 Å². The van der Waals surface area contributed by atoms with Crippen LogP contribution in [0.25, 0.3) is 0 Å². The minimum atomic E-state index is -0.737. The molecule has 0 bridgehead atoms. The molecule has 0 saturated heterocycles. The number of nitrogens with zero attached hydrogens (tertiary/aromatic N) is 1. The van der Waals surface area contributed by atoms with E-state index in [-0.39, 0.29) is 12.3 Å². The van der Waals surface area contributed by atoms with E-state index >= 15 is 0 Å². The molecule has 1 unspecified atom stereocenters. The standard InChI is InChI=1S/C17H16BrNO2/c18-14-5-3-4-12(8-14)10-19-11-13(9-17(20)21)15-6-1-2-7-16(15)19/h1-8,13H,9-11H2,(H,20,21). The molecule has 3 nitrogen and oxygen atoms in total. The average molecular weight is 346 g/mol. The maximum atomic E-state index is 11.1. The minimum Gasteiger partial charge on any atom is -0.481 e. The summed E-state index contributed by atoms with van der Waals surface area (Å²) < 4.78 is 1.06. The van der Waals surface area contributed by atoms with Crippen molar-refractivity contribution >= 4 is 27.6 Å². The molecule has 0 saturated carbocycles. The zero-order chi connectivity index (χ0) is 14.8. The summed E-state index contributed by atoms with van der Waals surface area (Å²) in [6, 6.07) is 16.3. The SMILES string of the molecule is O=C(O)CC1CN(Cc2cccc(Br)c2)c2ccccc21. The van der Waals surface area contributed by atoms with Gasteiger partial charge in [-0.15, -0.1) is 0 Å². The Morgan fingerprint density at radius 1 is 1.24 bits per heavy atom. The van der Waals surface area contributed by atoms with Gasteiger partial charge in [0.25, 0.3) is 0 Å². The van der Waals surface area contributed by atoms with Crippen LogP contribution in [-0.4, -0.2) is 17.6 Å². The van der Waals surface area contributed by atoms with E-state index in [2.05, 4.69) is 39.0 Å². The van der Waals surface area contributed by atoms with Crippen LogP contribution in [0.2, 0.25) is 0 Å². The molecule has 1 atom stereocenters. The van der Waals surface area contributed by atoms with E-state index in [0.29, 0.717) is 0 Å². The number of rotatable bonds is 4. The van der Waals surface area contributed by atoms with Gasteiger partial charge in [0, 0.05) is 29.2 Å². The third-order valence-corrected chi connectivity index (χ3v) is 4.33. The maximum Gasteiger partial charge on any atom is 0.304 e. The van der Waals surface area contributed by atoms with Crippen LogP contribution < -0.4 is 4.90 Å². The van der Waals surface area contributed by atoms with Crippen LogP contribution in [0.4, 0.5) is 5.69 Å². The normalized spacial score (nSPS) is 16.8. The molecule has 0 aliphatic carbocycles. The number of anilines is 1. The molecule has 4 heteroatoms. The number of carboxylic acids is 1. The molecule has 3 rings (SSSR count). The summed E-state index contributed by atoms with van der Waals surface area (Å²) in [5.41, 5.74) is 3.52. The van der Waals surface area contributed by atoms with Gasteiger partial charge in [0.1, 0.15) is 0 Å². The van der Waals surface area contributed by atoms with Crippen LogP contribution >= 0.6 is 15.9 Å². The van der Waals surface area contributed by atoms with Crippen LogP contribution in [-0.2, 0) is 11.3 Å². The van der Waals surface area contributed by atoms with Crippen molar-refractivity contribution in [1.29, 1.82) is 0 Å². The maximum absolute atomic E-state index is 11.1. The van der Waals surface area contributed by atoms with Gasteiger partial charge in [0.2, 0.25) is 0 Å². The molecular formula is C17H16BrNO2. The van der Waals surface area contributed by atoms with Gasteiger partial charge in [-0.3, -0.25) is 4.79 Å². The number of fused-ring (bicyclic) bond motifs is 1. The topological polar surface area (TPSA) is 40.5 Å². The van der Waals surface area contributed by atoms with E-state index in [1.807, 2.05) is 30.3 Å². The Bertz CT molecular complexity index is 671. The van der Waals surface area contributed by atoms with E-state index in [9.17, 15) is 4.79 Å². The Morgan fingerprint density at radius 2 is 2.05 bits per heavy atom. The number of aliphatic carboxylic acids is 1. The van der Waals surface area contributed by atoms with E-state index in [1.165, 1.54) is 5.56 Å². The zero-order valence-electron chi connectivity index (χ0n) is 11.5. The second-order valence-corrected chi connectivity index (χ2v) is 6.28. The lowest BCUT2D eigenvalue weighted by molar-refractivity contribution is -0.137. The molecule has 1 heterocycles. The van der Waals surface area contributed by atoms with Gasteiger partial charge in [-0.2, -0.15) is 0 Å². The predicted molar refractivity (Wildman–Crippen MR) is 86.6 cm³/mol. The fourth-order valence-corrected chi connectivity index (χ4v) is 3.42. The third kappa shape index (κ3) is 3.10. The summed E-state index contributed by atoms with van der Waals surface area (Å²) >= 11 is 3.49. The highest BCUT2D eigenvalue weighted by Gasteiger charge is 2.29. The highest BCUT2D eigenvalue weighted by atomic mass is 79.9. The molecule has 0 spiro atoms. The van der Waals surface area contributed by atoms with E-state index in [1.54, 1.807) is 0 Å². The molecule has 108 valence electrons. The lowest BCUT2D eigenvalue weighted by Gasteiger charge is -2.20. The van der Waals surface area contributed by atoms with Gasteiger partial charge in [-0.05, 0) is 29.3 Å². The molecule has 0 aromatic heterocycles. The number of carbonyl (C=O) groups is 1. The van der Waals surface area contributed by atoms with E-state index < -0.39 is 5.97 Å². The largest absolute Gasteiger partial charge is 0.481 e. The number of hydrogen-bond donors (Lipinski definition) is 1. The molecule has 1 aliphatic rings. The van der Waals surface area contributed by atoms with Crippen LogP contribution in [0.1, 0.15) is 23.5 Å². The molecule has 2 aromatic rings. The second kappa shape index (κ2) is 5.90. The van der Waals surface area contributed by atoms with Gasteiger partial charge in [-0.25, -0.2) is 0 Å². The van der Waals surface area contributed by atoms with Gasteiger partial charge in [0.05, 0.1) is 6.42 Å². The van der Waals surface area contributed by atoms with Gasteiger partial charge >= 0.3 is 5.97 Å². The number of carboxylic acid groups (broad SMARTS) is 1. The first-order chi connectivity index (χ1) is 10.1. The molecule has 21 heavy (non-hydrogen) atoms. The summed E-state index contributed by atoms with van der Waals surface area (Å²) in [4.78, 5) is 13.3. The van der Waals surface area contributed by atoms with E-state index in [4.69, 9.17) is 5.11 Å². The molecule has 1 aliphatic heterocycles. The Morgan fingerprint density at radius 3 is 2.81 bits per heavy atom. The number of benzene rings is 2. The number of halogens is 1. The van der Waals surface area contributed by atoms with Gasteiger partial charge in [0.15, 0.2) is 0 Å². The van der Waals surface area contributed by atoms with Crippen molar-refractivity contribution in [1.82, 2.24) is 0 Å². The van der Waals surface area contributed by atoms with Gasteiger partial charge in [-0.1, -0.05) is 46.3 Å². The first kappa shape index (κ1) is 14.1. The Labute approximate surface area is 132 Å². The quantitative estimate of drug-likeness (QED) is 0.909. The van der Waals surface area contributed by atoms with Crippen LogP contribution in [0.3, 0.4) is 0 Å². The molecule has 1 N–H and O–H groups in total. The van der Waals surface area contributed by atoms with Crippen LogP contribution in [0, 0.1) is 0 Å². The fraction of sp³-hybridized carbons (Fsp3) is 0.235. The fourth-order valence-electron chi connectivity index (χ4n) is 2.97. The van der Waals surface area contributed by atoms with Crippen LogP contribution in [0.15, 0.2) is 53.0 Å². The number of hydrogen-bond acceptors (Lipinski definition) is 2. The van der Waals surface area contributed by atoms with Crippen molar-refractivity contribution in [3.05, 3.63) is 64.1 Å². The molecule has 0 radical (unpaired) electrons. The highest BCUT2D eigenvalue weighted by Crippen LogP contribution is 2.38. The smallest absolute Gasteiger partial charge is 0.304 e. The predicted octanol–water partition coefficient (Wildman–Crippen LogP) is 4.03. The Kier molecular flexibility index (Phi) is 3.97. The zero-order valence-corrected chi connectivity index (χ0v) is 13.1. The molecule has 2 aromatic carbocycles. The van der Waals surface area contributed by atoms with Gasteiger partial charge < -0.3 is 10.0 Å². The first-order valence-corrected chi connectivity index (χ1v) is 7.73. The molecule has 0 fully saturated rings. The minimum absolute atomic E-state index is 0.0749. The van der Waals surface area contributed by atoms with Crippen molar-refractivity contribution in [3.63, 3.8) is 0 Å². The van der Waals surface area contributed by atoms with Crippen molar-refractivity contribution in [3.8, 4) is 0 Å². The van der Waals surface area contributed by atoms with Crippen molar-refractivity contribution in [2.75, 3.05) is 11.4 Å². The second-order valence-electron chi connectivity index (χ2n) is 5.36. The van der Waals surface area contributed by atoms with Crippen molar-refractivity contribution in [2.24, 2.45) is 0 Å². The highest BCUT2D eigenvalue weighted by molar-refractivity contribution is 9.10. The summed E-state index contributed by atoms with van der Waals surface area (Å²) in [6.45, 7) is 1.56. The van der Waals surface area contributed by atoms with Crippen molar-refractivity contribution < 1.29 is 9.90 Å². The summed E-state index contributed by atoms with van der Waals surface area (Å²) in [5, 5.41) is 9.09. The molecular weight excluding hydrogens is 330 g/mol. The first-order valence-electron chi connectivity index (χ1n) is 6.93. The molecule has 0 amide bonds. The summed E-state index contributed by atoms with van der Waals surface area (Å²) in [6.07, 6.45) is 0.187. The Hall–Kier alpha value is -1.81. The summed E-state index contributed by atoms with van der Waals surface area (Å²) in [5.74, 6) is -0.662. The number of para-hydroxylation sites is 1. The third-order valence-electron chi connectivity index (χ3n) is 3.84. The Balaban J connectivity index is 1.85. The van der Waals surface area contributed by atoms with Crippen molar-refractivity contribution in [2.45, 2.75) is 18.9 Å². The monoisotopic (exact) mass is 345 g/mol. The lowest BCUT2D eigenvalue weighted by atomic mass is 9.98. The summed E-state index contributed by atoms with van der Waals surface area (Å²) in [7, 11) is 0. The van der Waals surface area contributed by atoms with E-state index in [0.717, 1.165) is 28.8 Å². The average Bonchev–Trinajstić information content (AvgIpc) is 2.77.